The molecular formula is C17H14ClNO3. The lowest BCUT2D eigenvalue weighted by Gasteiger charge is -2.16. The maximum Gasteiger partial charge on any atom is 0.407 e. The number of nitrogens with zero attached hydrogens (tertiary/aromatic N) is 1. The van der Waals surface area contributed by atoms with Gasteiger partial charge in [0.15, 0.2) is 0 Å². The lowest BCUT2D eigenvalue weighted by molar-refractivity contribution is 0.154. The highest BCUT2D eigenvalue weighted by atomic mass is 35.5. The van der Waals surface area contributed by atoms with Crippen LogP contribution in [0.5, 0.6) is 11.5 Å². The van der Waals surface area contributed by atoms with E-state index in [1.807, 2.05) is 36.4 Å². The average molecular weight is 316 g/mol. The molecule has 2 aliphatic heterocycles. The molecule has 2 aromatic rings. The van der Waals surface area contributed by atoms with E-state index in [1.54, 1.807) is 6.07 Å². The predicted molar refractivity (Wildman–Crippen MR) is 83.0 cm³/mol. The fourth-order valence-electron chi connectivity index (χ4n) is 3.49. The fraction of sp³-hybridized carbons (Fsp3) is 0.235. The molecule has 0 aromatic heterocycles. The van der Waals surface area contributed by atoms with E-state index in [9.17, 15) is 9.90 Å². The summed E-state index contributed by atoms with van der Waals surface area (Å²) in [5.74, 6) is 1.71. The van der Waals surface area contributed by atoms with Crippen molar-refractivity contribution in [1.29, 1.82) is 0 Å². The second-order valence-corrected chi connectivity index (χ2v) is 6.16. The van der Waals surface area contributed by atoms with Crippen LogP contribution in [0.1, 0.15) is 23.0 Å². The van der Waals surface area contributed by atoms with Gasteiger partial charge in [-0.1, -0.05) is 29.8 Å². The van der Waals surface area contributed by atoms with Gasteiger partial charge in [-0.3, -0.25) is 0 Å². The van der Waals surface area contributed by atoms with Crippen molar-refractivity contribution in [3.05, 3.63) is 58.6 Å². The molecule has 22 heavy (non-hydrogen) atoms. The van der Waals surface area contributed by atoms with E-state index in [-0.39, 0.29) is 11.8 Å². The molecule has 2 aromatic carbocycles. The summed E-state index contributed by atoms with van der Waals surface area (Å²) in [6.45, 7) is 0.942. The topological polar surface area (TPSA) is 49.8 Å². The maximum atomic E-state index is 11.4. The molecule has 0 aliphatic carbocycles. The van der Waals surface area contributed by atoms with Crippen molar-refractivity contribution in [2.24, 2.45) is 0 Å². The van der Waals surface area contributed by atoms with Crippen molar-refractivity contribution < 1.29 is 14.6 Å². The van der Waals surface area contributed by atoms with Crippen molar-refractivity contribution in [1.82, 2.24) is 4.90 Å². The Balaban J connectivity index is 1.89. The minimum Gasteiger partial charge on any atom is -0.465 e. The van der Waals surface area contributed by atoms with Crippen LogP contribution in [-0.4, -0.2) is 29.2 Å². The lowest BCUT2D eigenvalue weighted by atomic mass is 9.84. The van der Waals surface area contributed by atoms with Crippen molar-refractivity contribution in [2.45, 2.75) is 11.8 Å². The van der Waals surface area contributed by atoms with Crippen LogP contribution < -0.4 is 4.74 Å². The molecule has 1 saturated heterocycles. The van der Waals surface area contributed by atoms with Gasteiger partial charge in [0.2, 0.25) is 0 Å². The van der Waals surface area contributed by atoms with Crippen LogP contribution >= 0.6 is 11.6 Å². The van der Waals surface area contributed by atoms with E-state index in [0.29, 0.717) is 18.1 Å². The van der Waals surface area contributed by atoms with Crippen LogP contribution in [0.25, 0.3) is 0 Å². The van der Waals surface area contributed by atoms with Gasteiger partial charge in [0.1, 0.15) is 11.5 Å². The Morgan fingerprint density at radius 2 is 1.77 bits per heavy atom. The van der Waals surface area contributed by atoms with Crippen LogP contribution in [0.2, 0.25) is 5.02 Å². The van der Waals surface area contributed by atoms with Gasteiger partial charge in [-0.05, 0) is 24.3 Å². The highest BCUT2D eigenvalue weighted by Gasteiger charge is 2.41. The van der Waals surface area contributed by atoms with E-state index in [1.165, 1.54) is 4.90 Å². The SMILES string of the molecule is O=C(O)N1CC2c3cc(Cl)ccc3Oc3ccccc3[C@@H]2C1. The summed E-state index contributed by atoms with van der Waals surface area (Å²) < 4.78 is 6.06. The highest BCUT2D eigenvalue weighted by Crippen LogP contribution is 2.50. The number of halogens is 1. The van der Waals surface area contributed by atoms with Gasteiger partial charge in [0.25, 0.3) is 0 Å². The largest absolute Gasteiger partial charge is 0.465 e. The minimum absolute atomic E-state index is 0.0634. The average Bonchev–Trinajstić information content (AvgIpc) is 2.90. The number of benzene rings is 2. The second kappa shape index (κ2) is 4.92. The number of likely N-dealkylation sites (tertiary alicyclic amines) is 1. The Labute approximate surface area is 132 Å². The third-order valence-corrected chi connectivity index (χ3v) is 4.74. The van der Waals surface area contributed by atoms with Crippen molar-refractivity contribution >= 4 is 17.7 Å². The summed E-state index contributed by atoms with van der Waals surface area (Å²) in [7, 11) is 0. The molecule has 4 nitrogen and oxygen atoms in total. The number of carbonyl (C=O) groups is 1. The zero-order chi connectivity index (χ0) is 15.3. The van der Waals surface area contributed by atoms with Gasteiger partial charge >= 0.3 is 6.09 Å². The van der Waals surface area contributed by atoms with E-state index in [0.717, 1.165) is 22.6 Å². The van der Waals surface area contributed by atoms with Gasteiger partial charge in [-0.2, -0.15) is 0 Å². The van der Waals surface area contributed by atoms with Crippen molar-refractivity contribution in [3.8, 4) is 11.5 Å². The third-order valence-electron chi connectivity index (χ3n) is 4.50. The Morgan fingerprint density at radius 1 is 1.09 bits per heavy atom. The molecule has 1 N–H and O–H groups in total. The van der Waals surface area contributed by atoms with Crippen LogP contribution in [0.15, 0.2) is 42.5 Å². The number of rotatable bonds is 0. The van der Waals surface area contributed by atoms with E-state index in [4.69, 9.17) is 16.3 Å². The Morgan fingerprint density at radius 3 is 2.55 bits per heavy atom. The zero-order valence-corrected chi connectivity index (χ0v) is 12.5. The summed E-state index contributed by atoms with van der Waals surface area (Å²) in [6, 6.07) is 13.4. The molecule has 0 saturated carbocycles. The third kappa shape index (κ3) is 2.03. The number of fused-ring (bicyclic) bond motifs is 5. The van der Waals surface area contributed by atoms with E-state index < -0.39 is 6.09 Å². The number of hydrogen-bond acceptors (Lipinski definition) is 2. The monoisotopic (exact) mass is 315 g/mol. The molecule has 2 atom stereocenters. The molecular weight excluding hydrogens is 302 g/mol. The van der Waals surface area contributed by atoms with E-state index in [2.05, 4.69) is 0 Å². The molecule has 0 radical (unpaired) electrons. The first kappa shape index (κ1) is 13.5. The standard InChI is InChI=1S/C17H14ClNO3/c18-10-5-6-16-12(7-10)14-9-19(17(20)21)8-13(14)11-3-1-2-4-15(11)22-16/h1-7,13-14H,8-9H2,(H,20,21)/t13-,14?/m0/s1. The summed E-state index contributed by atoms with van der Waals surface area (Å²) >= 11 is 6.15. The Bertz CT molecular complexity index is 761. The van der Waals surface area contributed by atoms with Crippen LogP contribution in [0.4, 0.5) is 4.79 Å². The van der Waals surface area contributed by atoms with Crippen LogP contribution in [-0.2, 0) is 0 Å². The molecule has 0 bridgehead atoms. The first-order valence-electron chi connectivity index (χ1n) is 7.17. The van der Waals surface area contributed by atoms with Gasteiger partial charge < -0.3 is 14.7 Å². The molecule has 4 rings (SSSR count). The van der Waals surface area contributed by atoms with Crippen molar-refractivity contribution in [3.63, 3.8) is 0 Å². The first-order chi connectivity index (χ1) is 10.6. The molecule has 5 heteroatoms. The summed E-state index contributed by atoms with van der Waals surface area (Å²) in [5.41, 5.74) is 2.04. The molecule has 1 amide bonds. The quantitative estimate of drug-likeness (QED) is 0.788. The summed E-state index contributed by atoms with van der Waals surface area (Å²) in [5, 5.41) is 9.99. The Hall–Kier alpha value is -2.20. The van der Waals surface area contributed by atoms with Gasteiger partial charge in [0, 0.05) is 41.1 Å². The molecule has 112 valence electrons. The van der Waals surface area contributed by atoms with Crippen LogP contribution in [0, 0.1) is 0 Å². The fourth-order valence-corrected chi connectivity index (χ4v) is 3.67. The molecule has 2 heterocycles. The number of carboxylic acid groups (broad SMARTS) is 1. The predicted octanol–water partition coefficient (Wildman–Crippen LogP) is 4.31. The smallest absolute Gasteiger partial charge is 0.407 e. The van der Waals surface area contributed by atoms with Gasteiger partial charge in [-0.15, -0.1) is 0 Å². The van der Waals surface area contributed by atoms with Gasteiger partial charge in [-0.25, -0.2) is 4.79 Å². The van der Waals surface area contributed by atoms with E-state index >= 15 is 0 Å². The highest BCUT2D eigenvalue weighted by molar-refractivity contribution is 6.30. The number of amides is 1. The summed E-state index contributed by atoms with van der Waals surface area (Å²) in [4.78, 5) is 12.9. The molecule has 2 aliphatic rings. The Kier molecular flexibility index (Phi) is 3.01. The first-order valence-corrected chi connectivity index (χ1v) is 7.55. The minimum atomic E-state index is -0.880. The number of ether oxygens (including phenoxy) is 1. The lowest BCUT2D eigenvalue weighted by Crippen LogP contribution is -2.26. The van der Waals surface area contributed by atoms with Crippen LogP contribution in [0.3, 0.4) is 0 Å². The number of para-hydroxylation sites is 1. The van der Waals surface area contributed by atoms with Gasteiger partial charge in [0.05, 0.1) is 0 Å². The second-order valence-electron chi connectivity index (χ2n) is 5.72. The maximum absolute atomic E-state index is 11.4. The molecule has 0 spiro atoms. The van der Waals surface area contributed by atoms with Crippen molar-refractivity contribution in [2.75, 3.05) is 13.1 Å². The molecule has 1 fully saturated rings. The zero-order valence-electron chi connectivity index (χ0n) is 11.7. The number of hydrogen-bond donors (Lipinski definition) is 1. The summed E-state index contributed by atoms with van der Waals surface area (Å²) in [6.07, 6.45) is -0.880. The normalized spacial score (nSPS) is 22.1. The molecule has 1 unspecified atom stereocenters.